The van der Waals surface area contributed by atoms with Gasteiger partial charge in [0.25, 0.3) is 20.0 Å². The van der Waals surface area contributed by atoms with Gasteiger partial charge in [0.05, 0.1) is 39.7 Å². The van der Waals surface area contributed by atoms with Crippen molar-refractivity contribution >= 4 is 71.5 Å². The van der Waals surface area contributed by atoms with Crippen LogP contribution in [0.5, 0.6) is 0 Å². The smallest absolute Gasteiger partial charge is 0.412 e. The molecule has 0 spiro atoms. The second kappa shape index (κ2) is 17.3. The molecule has 4 aliphatic heterocycles. The number of alkyl halides is 1. The fraction of sp³-hybridized carbons (Fsp3) is 0.391. The normalized spacial score (nSPS) is 23.3. The van der Waals surface area contributed by atoms with Gasteiger partial charge in [-0.1, -0.05) is 88.7 Å². The number of carbonyl (C=O) groups is 4. The van der Waals surface area contributed by atoms with Crippen LogP contribution in [0.2, 0.25) is 0 Å². The Labute approximate surface area is 387 Å². The van der Waals surface area contributed by atoms with Gasteiger partial charge >= 0.3 is 24.1 Å². The van der Waals surface area contributed by atoms with E-state index in [4.69, 9.17) is 18.9 Å². The van der Waals surface area contributed by atoms with Crippen LogP contribution in [0.3, 0.4) is 0 Å². The molecule has 0 unspecified atom stereocenters. The number of anilines is 2. The topological polar surface area (TPSA) is 186 Å². The largest absolute Gasteiger partial charge is 0.467 e. The van der Waals surface area contributed by atoms with Crippen molar-refractivity contribution in [1.29, 1.82) is 0 Å². The highest BCUT2D eigenvalue weighted by Crippen LogP contribution is 2.59. The summed E-state index contributed by atoms with van der Waals surface area (Å²) in [5.74, 6) is -1.66. The van der Waals surface area contributed by atoms with Crippen LogP contribution in [0.4, 0.5) is 21.0 Å². The average Bonchev–Trinajstić information content (AvgIpc) is 3.96. The third-order valence-electron chi connectivity index (χ3n) is 11.3. The van der Waals surface area contributed by atoms with Crippen molar-refractivity contribution in [2.24, 2.45) is 0 Å². The van der Waals surface area contributed by atoms with E-state index >= 15 is 0 Å². The summed E-state index contributed by atoms with van der Waals surface area (Å²) in [7, 11) is -5.67. The van der Waals surface area contributed by atoms with E-state index in [9.17, 15) is 36.0 Å². The number of sulfonamides is 2. The number of carbonyl (C=O) groups excluding carboxylic acids is 4. The molecule has 6 atom stereocenters. The summed E-state index contributed by atoms with van der Waals surface area (Å²) in [5, 5.41) is 0. The molecule has 0 saturated carbocycles. The zero-order chi connectivity index (χ0) is 47.4. The number of nitrogens with zero attached hydrogens (tertiary/aromatic N) is 4. The second-order valence-corrected chi connectivity index (χ2v) is 22.9. The van der Waals surface area contributed by atoms with E-state index in [1.807, 2.05) is 12.1 Å². The lowest BCUT2D eigenvalue weighted by molar-refractivity contribution is -0.146. The molecule has 0 aliphatic carbocycles. The van der Waals surface area contributed by atoms with E-state index in [2.05, 4.69) is 15.9 Å². The minimum absolute atomic E-state index is 0.0715. The summed E-state index contributed by atoms with van der Waals surface area (Å²) in [6, 6.07) is 28.1. The van der Waals surface area contributed by atoms with E-state index in [0.717, 1.165) is 5.56 Å². The van der Waals surface area contributed by atoms with E-state index in [1.54, 1.807) is 114 Å². The Bertz CT molecular complexity index is 2710. The first-order valence-corrected chi connectivity index (χ1v) is 24.4. The second-order valence-electron chi connectivity index (χ2n) is 17.9. The van der Waals surface area contributed by atoms with Crippen LogP contribution in [-0.2, 0) is 52.9 Å². The van der Waals surface area contributed by atoms with Gasteiger partial charge in [-0.25, -0.2) is 44.6 Å². The summed E-state index contributed by atoms with van der Waals surface area (Å²) in [5.41, 5.74) is 0.656. The molecular weight excluding hydrogens is 945 g/mol. The Hall–Kier alpha value is -5.66. The summed E-state index contributed by atoms with van der Waals surface area (Å²) >= 11 is 3.74. The number of halogens is 1. The molecule has 4 aliphatic rings. The molecule has 4 aromatic rings. The van der Waals surface area contributed by atoms with Crippen LogP contribution >= 0.6 is 15.9 Å². The number of hydrogen-bond donors (Lipinski definition) is 0. The van der Waals surface area contributed by atoms with Gasteiger partial charge < -0.3 is 18.9 Å². The number of rotatable bonds is 6. The zero-order valence-corrected chi connectivity index (χ0v) is 40.3. The van der Waals surface area contributed by atoms with Gasteiger partial charge in [-0.2, -0.15) is 0 Å². The highest BCUT2D eigenvalue weighted by Gasteiger charge is 2.66. The SMILES string of the molecule is COC(=O)[C@H]1C[C@@H]2c3ccccc3N(S(=O)(=O)c3ccccc3)[C@@H]2N1C(=O)OC(C)(C)C.COC(=O)[C@H]1C[C@]2(Br)c3ccccc3N(S(=O)(=O)c3ccccc3)[C@@H]2N1C(=O)OC(C)(C)C. The van der Waals surface area contributed by atoms with Crippen LogP contribution in [0.15, 0.2) is 119 Å². The molecule has 8 rings (SSSR count). The Morgan fingerprint density at radius 3 is 1.57 bits per heavy atom. The Kier molecular flexibility index (Phi) is 12.6. The third-order valence-corrected chi connectivity index (χ3v) is 16.1. The van der Waals surface area contributed by atoms with E-state index < -0.39 is 90.0 Å². The van der Waals surface area contributed by atoms with Crippen molar-refractivity contribution < 1.29 is 55.0 Å². The van der Waals surface area contributed by atoms with Crippen LogP contribution < -0.4 is 8.61 Å². The predicted octanol–water partition coefficient (Wildman–Crippen LogP) is 7.48. The lowest BCUT2D eigenvalue weighted by atomic mass is 9.96. The third kappa shape index (κ3) is 8.53. The van der Waals surface area contributed by atoms with Gasteiger partial charge in [-0.15, -0.1) is 0 Å². The monoisotopic (exact) mass is 994 g/mol. The van der Waals surface area contributed by atoms with Gasteiger partial charge in [0.1, 0.15) is 35.6 Å². The van der Waals surface area contributed by atoms with Crippen LogP contribution in [0.1, 0.15) is 71.4 Å². The van der Waals surface area contributed by atoms with Crippen molar-refractivity contribution in [2.45, 2.75) is 110 Å². The Balaban J connectivity index is 0.000000194. The number of esters is 2. The van der Waals surface area contributed by atoms with Crippen molar-refractivity contribution in [3.05, 3.63) is 120 Å². The molecule has 0 N–H and O–H groups in total. The number of para-hydroxylation sites is 2. The van der Waals surface area contributed by atoms with Crippen molar-refractivity contribution in [2.75, 3.05) is 22.8 Å². The number of methoxy groups -OCH3 is 2. The summed E-state index contributed by atoms with van der Waals surface area (Å²) in [4.78, 5) is 54.6. The van der Waals surface area contributed by atoms with E-state index in [-0.39, 0.29) is 22.6 Å². The Morgan fingerprint density at radius 1 is 0.600 bits per heavy atom. The summed E-state index contributed by atoms with van der Waals surface area (Å²) < 4.78 is 77.8. The average molecular weight is 996 g/mol. The van der Waals surface area contributed by atoms with Crippen LogP contribution in [0.25, 0.3) is 0 Å². The molecule has 2 saturated heterocycles. The lowest BCUT2D eigenvalue weighted by Crippen LogP contribution is -2.56. The maximum atomic E-state index is 13.9. The molecule has 4 aromatic carbocycles. The van der Waals surface area contributed by atoms with Crippen LogP contribution in [-0.4, -0.2) is 101 Å². The van der Waals surface area contributed by atoms with Gasteiger partial charge in [-0.05, 0) is 95.5 Å². The Morgan fingerprint density at radius 2 is 1.05 bits per heavy atom. The molecule has 4 heterocycles. The number of hydrogen-bond acceptors (Lipinski definition) is 12. The molecule has 0 aromatic heterocycles. The van der Waals surface area contributed by atoms with Gasteiger partial charge in [0, 0.05) is 12.3 Å². The van der Waals surface area contributed by atoms with Crippen LogP contribution in [0, 0.1) is 0 Å². The van der Waals surface area contributed by atoms with E-state index in [1.165, 1.54) is 56.9 Å². The van der Waals surface area contributed by atoms with Gasteiger partial charge in [-0.3, -0.25) is 9.80 Å². The number of likely N-dealkylation sites (tertiary alicyclic amines) is 2. The van der Waals surface area contributed by atoms with Gasteiger partial charge in [0.15, 0.2) is 0 Å². The molecule has 19 heteroatoms. The van der Waals surface area contributed by atoms with Crippen molar-refractivity contribution in [3.8, 4) is 0 Å². The number of ether oxygens (including phenoxy) is 4. The molecule has 65 heavy (non-hydrogen) atoms. The minimum atomic E-state index is -4.11. The fourth-order valence-corrected chi connectivity index (χ4v) is 13.4. The minimum Gasteiger partial charge on any atom is -0.467 e. The highest BCUT2D eigenvalue weighted by atomic mass is 79.9. The molecule has 346 valence electrons. The number of amides is 2. The predicted molar refractivity (Wildman–Crippen MR) is 243 cm³/mol. The van der Waals surface area contributed by atoms with Gasteiger partial charge in [0.2, 0.25) is 0 Å². The maximum absolute atomic E-state index is 13.9. The van der Waals surface area contributed by atoms with Crippen molar-refractivity contribution in [3.63, 3.8) is 0 Å². The first kappa shape index (κ1) is 47.3. The first-order valence-electron chi connectivity index (χ1n) is 20.7. The highest BCUT2D eigenvalue weighted by molar-refractivity contribution is 9.09. The summed E-state index contributed by atoms with van der Waals surface area (Å²) in [6.45, 7) is 10.3. The molecular formula is C46H51BrN4O12S2. The first-order chi connectivity index (χ1) is 30.5. The molecule has 0 bridgehead atoms. The number of benzene rings is 4. The lowest BCUT2D eigenvalue weighted by Gasteiger charge is -2.37. The van der Waals surface area contributed by atoms with E-state index in [0.29, 0.717) is 16.9 Å². The fourth-order valence-electron chi connectivity index (χ4n) is 8.85. The quantitative estimate of drug-likeness (QED) is 0.106. The molecule has 2 amide bonds. The molecule has 0 radical (unpaired) electrons. The number of fused-ring (bicyclic) bond motifs is 6. The summed E-state index contributed by atoms with van der Waals surface area (Å²) in [6.07, 6.45) is -3.25. The maximum Gasteiger partial charge on any atom is 0.412 e. The van der Waals surface area contributed by atoms with Crippen molar-refractivity contribution in [1.82, 2.24) is 9.80 Å². The zero-order valence-electron chi connectivity index (χ0n) is 37.1. The molecule has 16 nitrogen and oxygen atoms in total. The standard InChI is InChI=1S/C23H25BrN2O6S.C23H26N2O6S/c1-22(2,3)32-21(28)25-18(19(27)31-4)14-23(24)16-12-8-9-13-17(16)26(20(23)25)33(29,30)15-10-6-5-7-11-15;1-23(2,3)31-22(27)24-19(21(26)30-4)14-17-16-12-8-9-13-18(16)25(20(17)24)32(28,29)15-10-6-5-7-11-15/h5-13,18,20H,14H2,1-4H3;5-13,17,19-20H,14H2,1-4H3/t18-,20+,23+;17-,19-,20+/m11/s1. The molecule has 2 fully saturated rings.